The molecular formula is C24H30N6. The Morgan fingerprint density at radius 1 is 1.23 bits per heavy atom. The Labute approximate surface area is 178 Å². The highest BCUT2D eigenvalue weighted by Crippen LogP contribution is 2.38. The molecule has 1 saturated heterocycles. The van der Waals surface area contributed by atoms with Crippen molar-refractivity contribution in [1.29, 1.82) is 5.26 Å². The van der Waals surface area contributed by atoms with Gasteiger partial charge in [0.15, 0.2) is 11.5 Å². The van der Waals surface area contributed by atoms with Crippen LogP contribution in [0.15, 0.2) is 30.3 Å². The third-order valence-corrected chi connectivity index (χ3v) is 6.01. The Morgan fingerprint density at radius 3 is 2.57 bits per heavy atom. The maximum atomic E-state index is 10.00. The van der Waals surface area contributed by atoms with Gasteiger partial charge in [-0.15, -0.1) is 5.10 Å². The zero-order chi connectivity index (χ0) is 21.4. The Balaban J connectivity index is 2.00. The number of fused-ring (bicyclic) bond motifs is 1. The number of hydrogen-bond donors (Lipinski definition) is 0. The number of benzene rings is 1. The molecule has 1 atom stereocenters. The van der Waals surface area contributed by atoms with E-state index >= 15 is 0 Å². The van der Waals surface area contributed by atoms with Gasteiger partial charge in [0, 0.05) is 31.1 Å². The van der Waals surface area contributed by atoms with Gasteiger partial charge in [-0.25, -0.2) is 4.98 Å². The molecule has 30 heavy (non-hydrogen) atoms. The highest BCUT2D eigenvalue weighted by atomic mass is 15.4. The summed E-state index contributed by atoms with van der Waals surface area (Å²) in [6.07, 6.45) is 1.90. The number of likely N-dealkylation sites (N-methyl/N-ethyl adjacent to an activating group) is 1. The largest absolute Gasteiger partial charge is 0.354 e. The van der Waals surface area contributed by atoms with E-state index in [1.54, 1.807) is 0 Å². The first-order valence-corrected chi connectivity index (χ1v) is 10.7. The van der Waals surface area contributed by atoms with Gasteiger partial charge in [0.1, 0.15) is 17.5 Å². The molecule has 0 spiro atoms. The van der Waals surface area contributed by atoms with Crippen LogP contribution in [0, 0.1) is 24.2 Å². The molecule has 4 rings (SSSR count). The first kappa shape index (κ1) is 20.4. The first-order chi connectivity index (χ1) is 14.4. The molecule has 2 aromatic heterocycles. The highest BCUT2D eigenvalue weighted by molar-refractivity contribution is 5.85. The number of nitriles is 1. The van der Waals surface area contributed by atoms with Crippen LogP contribution in [0.25, 0.3) is 16.8 Å². The van der Waals surface area contributed by atoms with Crippen LogP contribution in [-0.2, 0) is 6.42 Å². The minimum absolute atomic E-state index is 0.455. The van der Waals surface area contributed by atoms with Crippen LogP contribution in [-0.4, -0.2) is 52.7 Å². The molecule has 1 aromatic carbocycles. The molecule has 156 valence electrons. The number of pyridine rings is 1. The molecule has 1 aliphatic rings. The van der Waals surface area contributed by atoms with Gasteiger partial charge < -0.3 is 9.80 Å². The Kier molecular flexibility index (Phi) is 5.48. The topological polar surface area (TPSA) is 60.5 Å². The molecule has 0 bridgehead atoms. The maximum absolute atomic E-state index is 10.00. The Morgan fingerprint density at radius 2 is 1.97 bits per heavy atom. The number of rotatable bonds is 5. The average molecular weight is 403 g/mol. The molecule has 0 amide bonds. The molecule has 1 aliphatic heterocycles. The third kappa shape index (κ3) is 3.54. The van der Waals surface area contributed by atoms with E-state index in [1.807, 2.05) is 29.6 Å². The van der Waals surface area contributed by atoms with Gasteiger partial charge in [-0.1, -0.05) is 44.2 Å². The summed E-state index contributed by atoms with van der Waals surface area (Å²) in [5.41, 5.74) is 4.46. The van der Waals surface area contributed by atoms with E-state index in [2.05, 4.69) is 55.9 Å². The van der Waals surface area contributed by atoms with E-state index in [0.717, 1.165) is 54.3 Å². The second kappa shape index (κ2) is 8.08. The minimum Gasteiger partial charge on any atom is -0.354 e. The van der Waals surface area contributed by atoms with Crippen molar-refractivity contribution < 1.29 is 0 Å². The van der Waals surface area contributed by atoms with E-state index in [-0.39, 0.29) is 0 Å². The summed E-state index contributed by atoms with van der Waals surface area (Å²) in [4.78, 5) is 9.51. The van der Waals surface area contributed by atoms with Crippen LogP contribution in [0.3, 0.4) is 0 Å². The predicted molar refractivity (Wildman–Crippen MR) is 121 cm³/mol. The lowest BCUT2D eigenvalue weighted by atomic mass is 9.97. The van der Waals surface area contributed by atoms with Crippen molar-refractivity contribution in [2.24, 2.45) is 5.92 Å². The third-order valence-electron chi connectivity index (χ3n) is 6.01. The van der Waals surface area contributed by atoms with Crippen molar-refractivity contribution in [2.45, 2.75) is 39.7 Å². The molecule has 0 N–H and O–H groups in total. The van der Waals surface area contributed by atoms with Crippen LogP contribution in [0.1, 0.15) is 37.2 Å². The van der Waals surface area contributed by atoms with Crippen molar-refractivity contribution in [2.75, 3.05) is 32.1 Å². The zero-order valence-electron chi connectivity index (χ0n) is 18.6. The Hall–Kier alpha value is -2.91. The van der Waals surface area contributed by atoms with Gasteiger partial charge in [0.2, 0.25) is 0 Å². The summed E-state index contributed by atoms with van der Waals surface area (Å²) in [6, 6.07) is 13.3. The SMILES string of the molecule is Cc1c(-c2ccccc2)c(N2CC[C@H](N(C)C)C2)n2nc(CC(C)C)nc2c1C#N. The van der Waals surface area contributed by atoms with Crippen molar-refractivity contribution in [3.8, 4) is 17.2 Å². The van der Waals surface area contributed by atoms with Gasteiger partial charge >= 0.3 is 0 Å². The van der Waals surface area contributed by atoms with Crippen LogP contribution < -0.4 is 4.90 Å². The summed E-state index contributed by atoms with van der Waals surface area (Å²) in [7, 11) is 4.28. The Bertz CT molecular complexity index is 1090. The van der Waals surface area contributed by atoms with E-state index in [1.165, 1.54) is 0 Å². The molecule has 0 aliphatic carbocycles. The average Bonchev–Trinajstić information content (AvgIpc) is 3.34. The normalized spacial score (nSPS) is 16.7. The van der Waals surface area contributed by atoms with Gasteiger partial charge in [-0.05, 0) is 44.5 Å². The zero-order valence-corrected chi connectivity index (χ0v) is 18.6. The number of hydrogen-bond acceptors (Lipinski definition) is 5. The molecule has 1 fully saturated rings. The second-order valence-electron chi connectivity index (χ2n) is 8.89. The molecule has 6 nitrogen and oxygen atoms in total. The lowest BCUT2D eigenvalue weighted by molar-refractivity contribution is 0.315. The number of aromatic nitrogens is 3. The number of nitrogens with zero attached hydrogens (tertiary/aromatic N) is 6. The summed E-state index contributed by atoms with van der Waals surface area (Å²) in [5, 5.41) is 14.9. The fourth-order valence-electron chi connectivity index (χ4n) is 4.41. The monoisotopic (exact) mass is 402 g/mol. The lowest BCUT2D eigenvalue weighted by Crippen LogP contribution is -2.32. The summed E-state index contributed by atoms with van der Waals surface area (Å²) in [5.74, 6) is 2.31. The van der Waals surface area contributed by atoms with Gasteiger partial charge in [0.05, 0.1) is 0 Å². The van der Waals surface area contributed by atoms with Crippen molar-refractivity contribution in [3.05, 3.63) is 47.3 Å². The standard InChI is InChI=1S/C24H30N6/c1-16(2)13-21-26-23-20(14-25)17(3)22(18-9-7-6-8-10-18)24(30(23)27-21)29-12-11-19(15-29)28(4)5/h6-10,16,19H,11-13,15H2,1-5H3/t19-/m0/s1. The maximum Gasteiger partial charge on any atom is 0.176 e. The van der Waals surface area contributed by atoms with E-state index in [9.17, 15) is 5.26 Å². The molecule has 3 aromatic rings. The fourth-order valence-corrected chi connectivity index (χ4v) is 4.41. The molecule has 0 saturated carbocycles. The van der Waals surface area contributed by atoms with Crippen molar-refractivity contribution in [3.63, 3.8) is 0 Å². The quantitative estimate of drug-likeness (QED) is 0.647. The van der Waals surface area contributed by atoms with Crippen molar-refractivity contribution >= 4 is 11.5 Å². The minimum atomic E-state index is 0.455. The summed E-state index contributed by atoms with van der Waals surface area (Å²) >= 11 is 0. The van der Waals surface area contributed by atoms with Gasteiger partial charge in [-0.2, -0.15) is 9.78 Å². The van der Waals surface area contributed by atoms with E-state index in [0.29, 0.717) is 23.2 Å². The first-order valence-electron chi connectivity index (χ1n) is 10.7. The van der Waals surface area contributed by atoms with Crippen LogP contribution in [0.5, 0.6) is 0 Å². The molecule has 3 heterocycles. The van der Waals surface area contributed by atoms with Crippen LogP contribution >= 0.6 is 0 Å². The smallest absolute Gasteiger partial charge is 0.176 e. The molecular weight excluding hydrogens is 372 g/mol. The predicted octanol–water partition coefficient (Wildman–Crippen LogP) is 3.92. The van der Waals surface area contributed by atoms with Crippen molar-refractivity contribution in [1.82, 2.24) is 19.5 Å². The molecule has 0 unspecified atom stereocenters. The van der Waals surface area contributed by atoms with Crippen LogP contribution in [0.4, 0.5) is 5.82 Å². The fraction of sp³-hybridized carbons (Fsp3) is 0.458. The van der Waals surface area contributed by atoms with Crippen LogP contribution in [0.2, 0.25) is 0 Å². The van der Waals surface area contributed by atoms with Gasteiger partial charge in [-0.3, -0.25) is 0 Å². The molecule has 6 heteroatoms. The summed E-state index contributed by atoms with van der Waals surface area (Å²) < 4.78 is 1.93. The second-order valence-corrected chi connectivity index (χ2v) is 8.89. The van der Waals surface area contributed by atoms with E-state index in [4.69, 9.17) is 10.1 Å². The van der Waals surface area contributed by atoms with E-state index < -0.39 is 0 Å². The molecule has 0 radical (unpaired) electrons. The van der Waals surface area contributed by atoms with Gasteiger partial charge in [0.25, 0.3) is 0 Å². The number of anilines is 1. The lowest BCUT2D eigenvalue weighted by Gasteiger charge is -2.26. The highest BCUT2D eigenvalue weighted by Gasteiger charge is 2.31. The summed E-state index contributed by atoms with van der Waals surface area (Å²) in [6.45, 7) is 8.27.